The van der Waals surface area contributed by atoms with Gasteiger partial charge in [-0.1, -0.05) is 43.8 Å². The van der Waals surface area contributed by atoms with Crippen LogP contribution in [0.1, 0.15) is 41.6 Å². The molecule has 1 aliphatic rings. The molecule has 0 saturated heterocycles. The summed E-state index contributed by atoms with van der Waals surface area (Å²) >= 11 is 1.60. The van der Waals surface area contributed by atoms with Gasteiger partial charge in [-0.2, -0.15) is 0 Å². The highest BCUT2D eigenvalue weighted by Crippen LogP contribution is 2.44. The van der Waals surface area contributed by atoms with Gasteiger partial charge in [-0.3, -0.25) is 4.79 Å². The van der Waals surface area contributed by atoms with Crippen molar-refractivity contribution in [3.8, 4) is 0 Å². The number of amides is 1. The number of fused-ring (bicyclic) bond motifs is 1. The second kappa shape index (κ2) is 6.75. The minimum atomic E-state index is -0.242. The van der Waals surface area contributed by atoms with Gasteiger partial charge in [0.1, 0.15) is 11.2 Å². The van der Waals surface area contributed by atoms with E-state index in [1.54, 1.807) is 23.9 Å². The van der Waals surface area contributed by atoms with Crippen molar-refractivity contribution in [3.63, 3.8) is 0 Å². The number of rotatable bonds is 5. The Morgan fingerprint density at radius 3 is 2.52 bits per heavy atom. The first kappa shape index (κ1) is 16.1. The van der Waals surface area contributed by atoms with Gasteiger partial charge >= 0.3 is 0 Å². The van der Waals surface area contributed by atoms with Crippen LogP contribution in [0.25, 0.3) is 0 Å². The third-order valence-corrected chi connectivity index (χ3v) is 5.29. The zero-order valence-corrected chi connectivity index (χ0v) is 14.1. The number of hydrogen-bond donors (Lipinski definition) is 0. The van der Waals surface area contributed by atoms with Crippen molar-refractivity contribution in [3.05, 3.63) is 65.5 Å². The Bertz CT molecular complexity index is 699. The third kappa shape index (κ3) is 3.42. The smallest absolute Gasteiger partial charge is 0.255 e. The summed E-state index contributed by atoms with van der Waals surface area (Å²) in [4.78, 5) is 15.6. The molecule has 1 atom stereocenters. The maximum Gasteiger partial charge on any atom is 0.255 e. The van der Waals surface area contributed by atoms with Gasteiger partial charge in [0.25, 0.3) is 5.91 Å². The van der Waals surface area contributed by atoms with Crippen LogP contribution in [0.5, 0.6) is 0 Å². The van der Waals surface area contributed by atoms with E-state index in [9.17, 15) is 9.18 Å². The Morgan fingerprint density at radius 2 is 1.83 bits per heavy atom. The van der Waals surface area contributed by atoms with E-state index in [1.165, 1.54) is 12.1 Å². The van der Waals surface area contributed by atoms with Gasteiger partial charge in [0.15, 0.2) is 0 Å². The van der Waals surface area contributed by atoms with Crippen LogP contribution in [0.2, 0.25) is 0 Å². The minimum absolute atomic E-state index is 0.0390. The summed E-state index contributed by atoms with van der Waals surface area (Å²) in [6.07, 6.45) is 0.972. The maximum absolute atomic E-state index is 13.1. The van der Waals surface area contributed by atoms with Crippen molar-refractivity contribution in [2.24, 2.45) is 5.92 Å². The number of carbonyl (C=O) groups is 1. The van der Waals surface area contributed by atoms with Gasteiger partial charge in [-0.25, -0.2) is 4.39 Å². The van der Waals surface area contributed by atoms with E-state index >= 15 is 0 Å². The van der Waals surface area contributed by atoms with Crippen LogP contribution in [-0.4, -0.2) is 17.4 Å². The fourth-order valence-electron chi connectivity index (χ4n) is 2.72. The first-order chi connectivity index (χ1) is 11.1. The van der Waals surface area contributed by atoms with Crippen molar-refractivity contribution in [1.29, 1.82) is 0 Å². The molecule has 120 valence electrons. The molecular weight excluding hydrogens is 309 g/mol. The van der Waals surface area contributed by atoms with Crippen LogP contribution in [0.4, 0.5) is 4.39 Å². The highest BCUT2D eigenvalue weighted by molar-refractivity contribution is 7.99. The maximum atomic E-state index is 13.1. The highest BCUT2D eigenvalue weighted by Gasteiger charge is 2.36. The second-order valence-corrected chi connectivity index (χ2v) is 7.35. The molecule has 2 aromatic rings. The van der Waals surface area contributed by atoms with E-state index in [0.29, 0.717) is 5.92 Å². The summed E-state index contributed by atoms with van der Waals surface area (Å²) in [6, 6.07) is 14.2. The SMILES string of the molecule is CC(C)CCN1C(=O)c2ccccc2[C@@H]1Sc1ccc(F)cc1. The van der Waals surface area contributed by atoms with E-state index in [1.807, 2.05) is 29.2 Å². The molecule has 0 aliphatic carbocycles. The summed E-state index contributed by atoms with van der Waals surface area (Å²) in [6.45, 7) is 5.07. The Labute approximate surface area is 140 Å². The van der Waals surface area contributed by atoms with E-state index in [4.69, 9.17) is 0 Å². The van der Waals surface area contributed by atoms with Crippen LogP contribution < -0.4 is 0 Å². The lowest BCUT2D eigenvalue weighted by Crippen LogP contribution is -2.28. The number of nitrogens with zero attached hydrogens (tertiary/aromatic N) is 1. The number of carbonyl (C=O) groups excluding carboxylic acids is 1. The van der Waals surface area contributed by atoms with Gasteiger partial charge in [0.05, 0.1) is 0 Å². The molecular formula is C19H20FNOS. The van der Waals surface area contributed by atoms with Gasteiger partial charge in [-0.15, -0.1) is 0 Å². The average Bonchev–Trinajstić information content (AvgIpc) is 2.80. The summed E-state index contributed by atoms with van der Waals surface area (Å²) in [5, 5.41) is -0.0390. The molecule has 4 heteroatoms. The second-order valence-electron chi connectivity index (χ2n) is 6.19. The molecule has 2 aromatic carbocycles. The number of hydrogen-bond acceptors (Lipinski definition) is 2. The Morgan fingerprint density at radius 1 is 1.13 bits per heavy atom. The van der Waals surface area contributed by atoms with E-state index in [0.717, 1.165) is 29.0 Å². The van der Waals surface area contributed by atoms with Gasteiger partial charge in [-0.05, 0) is 48.2 Å². The molecule has 2 nitrogen and oxygen atoms in total. The van der Waals surface area contributed by atoms with E-state index in [2.05, 4.69) is 13.8 Å². The summed E-state index contributed by atoms with van der Waals surface area (Å²) in [7, 11) is 0. The monoisotopic (exact) mass is 329 g/mol. The van der Waals surface area contributed by atoms with Crippen molar-refractivity contribution < 1.29 is 9.18 Å². The van der Waals surface area contributed by atoms with E-state index in [-0.39, 0.29) is 17.1 Å². The molecule has 3 rings (SSSR count). The predicted octanol–water partition coefficient (Wildman–Crippen LogP) is 5.12. The zero-order chi connectivity index (χ0) is 16.4. The topological polar surface area (TPSA) is 20.3 Å². The van der Waals surface area contributed by atoms with Crippen molar-refractivity contribution in [2.75, 3.05) is 6.54 Å². The first-order valence-corrected chi connectivity index (χ1v) is 8.76. The summed E-state index contributed by atoms with van der Waals surface area (Å²) < 4.78 is 13.1. The summed E-state index contributed by atoms with van der Waals surface area (Å²) in [5.74, 6) is 0.401. The fraction of sp³-hybridized carbons (Fsp3) is 0.316. The molecule has 0 aromatic heterocycles. The van der Waals surface area contributed by atoms with Crippen molar-refractivity contribution in [1.82, 2.24) is 4.90 Å². The lowest BCUT2D eigenvalue weighted by molar-refractivity contribution is 0.0766. The van der Waals surface area contributed by atoms with E-state index < -0.39 is 0 Å². The molecule has 0 N–H and O–H groups in total. The molecule has 1 amide bonds. The highest BCUT2D eigenvalue weighted by atomic mass is 32.2. The van der Waals surface area contributed by atoms with Crippen molar-refractivity contribution >= 4 is 17.7 Å². The minimum Gasteiger partial charge on any atom is -0.322 e. The fourth-order valence-corrected chi connectivity index (χ4v) is 3.93. The quantitative estimate of drug-likeness (QED) is 0.759. The average molecular weight is 329 g/mol. The van der Waals surface area contributed by atoms with Crippen LogP contribution in [0.3, 0.4) is 0 Å². The zero-order valence-electron chi connectivity index (χ0n) is 13.3. The van der Waals surface area contributed by atoms with Crippen LogP contribution >= 0.6 is 11.8 Å². The lowest BCUT2D eigenvalue weighted by atomic mass is 10.1. The molecule has 0 spiro atoms. The molecule has 0 fully saturated rings. The number of benzene rings is 2. The predicted molar refractivity (Wildman–Crippen MR) is 91.9 cm³/mol. The molecule has 0 radical (unpaired) electrons. The first-order valence-electron chi connectivity index (χ1n) is 7.88. The molecule has 1 aliphatic heterocycles. The summed E-state index contributed by atoms with van der Waals surface area (Å²) in [5.41, 5.74) is 1.84. The molecule has 23 heavy (non-hydrogen) atoms. The number of thioether (sulfide) groups is 1. The molecule has 1 heterocycles. The molecule has 0 saturated carbocycles. The third-order valence-electron chi connectivity index (χ3n) is 4.01. The Hall–Kier alpha value is -1.81. The lowest BCUT2D eigenvalue weighted by Gasteiger charge is -2.25. The van der Waals surface area contributed by atoms with Gasteiger partial charge in [0.2, 0.25) is 0 Å². The van der Waals surface area contributed by atoms with Gasteiger partial charge < -0.3 is 4.90 Å². The van der Waals surface area contributed by atoms with Crippen LogP contribution in [-0.2, 0) is 0 Å². The number of halogens is 1. The van der Waals surface area contributed by atoms with Crippen LogP contribution in [0.15, 0.2) is 53.4 Å². The largest absolute Gasteiger partial charge is 0.322 e. The van der Waals surface area contributed by atoms with Crippen molar-refractivity contribution in [2.45, 2.75) is 30.5 Å². The van der Waals surface area contributed by atoms with Crippen LogP contribution in [0, 0.1) is 11.7 Å². The normalized spacial score (nSPS) is 17.0. The Balaban J connectivity index is 1.89. The molecule has 0 bridgehead atoms. The molecule has 0 unspecified atom stereocenters. The van der Waals surface area contributed by atoms with Gasteiger partial charge in [0, 0.05) is 17.0 Å². The Kier molecular flexibility index (Phi) is 4.71. The standard InChI is InChI=1S/C19H20FNOS/c1-13(2)11-12-21-18(22)16-5-3-4-6-17(16)19(21)23-15-9-7-14(20)8-10-15/h3-10,13,19H,11-12H2,1-2H3/t19-/m0/s1.